The maximum absolute atomic E-state index is 5.42. The first-order valence-electron chi connectivity index (χ1n) is 9.41. The van der Waals surface area contributed by atoms with E-state index in [9.17, 15) is 0 Å². The number of benzene rings is 2. The van der Waals surface area contributed by atoms with Gasteiger partial charge in [-0.25, -0.2) is 4.98 Å². The number of aromatic nitrogens is 2. The summed E-state index contributed by atoms with van der Waals surface area (Å²) in [6.07, 6.45) is 2.76. The van der Waals surface area contributed by atoms with E-state index in [0.717, 1.165) is 17.9 Å². The van der Waals surface area contributed by atoms with Crippen LogP contribution in [-0.2, 0) is 6.42 Å². The fourth-order valence-corrected chi connectivity index (χ4v) is 3.74. The molecule has 1 unspecified atom stereocenters. The van der Waals surface area contributed by atoms with Crippen molar-refractivity contribution >= 4 is 23.1 Å². The molecule has 1 N–H and O–H groups in total. The van der Waals surface area contributed by atoms with Crippen molar-refractivity contribution in [2.75, 3.05) is 31.5 Å². The van der Waals surface area contributed by atoms with Crippen molar-refractivity contribution in [2.45, 2.75) is 19.4 Å². The first kappa shape index (κ1) is 18.9. The second-order valence-corrected chi connectivity index (χ2v) is 6.83. The summed E-state index contributed by atoms with van der Waals surface area (Å²) < 4.78 is 16.2. The molecule has 0 spiro atoms. The number of nitrogens with one attached hydrogen (secondary N) is 1. The third-order valence-corrected chi connectivity index (χ3v) is 5.02. The maximum Gasteiger partial charge on any atom is 0.229 e. The molecule has 0 fully saturated rings. The number of ether oxygens (including phenoxy) is 3. The highest BCUT2D eigenvalue weighted by molar-refractivity contribution is 5.70. The van der Waals surface area contributed by atoms with E-state index in [1.807, 2.05) is 18.2 Å². The highest BCUT2D eigenvalue weighted by Gasteiger charge is 2.27. The van der Waals surface area contributed by atoms with E-state index in [-0.39, 0.29) is 0 Å². The molecular formula is C22H24N4O3. The highest BCUT2D eigenvalue weighted by Crippen LogP contribution is 2.41. The van der Waals surface area contributed by atoms with E-state index >= 15 is 0 Å². The van der Waals surface area contributed by atoms with Crippen molar-refractivity contribution in [2.24, 2.45) is 0 Å². The molecule has 1 aliphatic heterocycles. The number of rotatable bonds is 6. The molecular weight excluding hydrogens is 368 g/mol. The number of anilines is 4. The molecule has 4 rings (SSSR count). The normalized spacial score (nSPS) is 15.0. The topological polar surface area (TPSA) is 68.7 Å². The fraction of sp³-hybridized carbons (Fsp3) is 0.273. The Morgan fingerprint density at radius 1 is 1.00 bits per heavy atom. The Morgan fingerprint density at radius 3 is 2.41 bits per heavy atom. The largest absolute Gasteiger partial charge is 0.493 e. The summed E-state index contributed by atoms with van der Waals surface area (Å²) in [5.41, 5.74) is 3.27. The quantitative estimate of drug-likeness (QED) is 0.670. The average Bonchev–Trinajstić information content (AvgIpc) is 3.08. The third kappa shape index (κ3) is 3.51. The highest BCUT2D eigenvalue weighted by atomic mass is 16.5. The molecule has 0 saturated heterocycles. The van der Waals surface area contributed by atoms with Crippen LogP contribution in [0.25, 0.3) is 0 Å². The lowest BCUT2D eigenvalue weighted by Crippen LogP contribution is -2.25. The van der Waals surface area contributed by atoms with Crippen molar-refractivity contribution < 1.29 is 14.2 Å². The summed E-state index contributed by atoms with van der Waals surface area (Å²) in [6.45, 7) is 2.20. The van der Waals surface area contributed by atoms with Gasteiger partial charge in [0, 0.05) is 35.7 Å². The van der Waals surface area contributed by atoms with Crippen LogP contribution in [0.5, 0.6) is 17.2 Å². The minimum absolute atomic E-state index is 0.330. The maximum atomic E-state index is 5.42. The summed E-state index contributed by atoms with van der Waals surface area (Å²) in [7, 11) is 4.75. The van der Waals surface area contributed by atoms with Gasteiger partial charge in [0.2, 0.25) is 11.7 Å². The lowest BCUT2D eigenvalue weighted by molar-refractivity contribution is 0.324. The van der Waals surface area contributed by atoms with Gasteiger partial charge in [-0.3, -0.25) is 0 Å². The molecule has 1 aliphatic rings. The number of hydrogen-bond acceptors (Lipinski definition) is 7. The van der Waals surface area contributed by atoms with Gasteiger partial charge in [0.05, 0.1) is 21.3 Å². The summed E-state index contributed by atoms with van der Waals surface area (Å²) in [5.74, 6) is 3.01. The van der Waals surface area contributed by atoms with Crippen molar-refractivity contribution in [3.63, 3.8) is 0 Å². The third-order valence-electron chi connectivity index (χ3n) is 5.02. The molecule has 29 heavy (non-hydrogen) atoms. The predicted molar refractivity (Wildman–Crippen MR) is 113 cm³/mol. The van der Waals surface area contributed by atoms with Gasteiger partial charge in [-0.2, -0.15) is 4.98 Å². The number of methoxy groups -OCH3 is 3. The lowest BCUT2D eigenvalue weighted by atomic mass is 10.1. The SMILES string of the molecule is COc1cc(Nc2nccc(N3c4ccccc4CC3C)n2)cc(OC)c1OC. The van der Waals surface area contributed by atoms with Crippen LogP contribution in [0.15, 0.2) is 48.7 Å². The molecule has 1 atom stereocenters. The van der Waals surface area contributed by atoms with Gasteiger partial charge in [0.15, 0.2) is 11.5 Å². The molecule has 0 bridgehead atoms. The van der Waals surface area contributed by atoms with E-state index in [4.69, 9.17) is 19.2 Å². The van der Waals surface area contributed by atoms with E-state index < -0.39 is 0 Å². The number of fused-ring (bicyclic) bond motifs is 1. The van der Waals surface area contributed by atoms with Crippen LogP contribution < -0.4 is 24.4 Å². The fourth-order valence-electron chi connectivity index (χ4n) is 3.74. The van der Waals surface area contributed by atoms with Crippen LogP contribution in [0.2, 0.25) is 0 Å². The standard InChI is InChI=1S/C22H24N4O3/c1-14-11-15-7-5-6-8-17(15)26(14)20-9-10-23-22(25-20)24-16-12-18(27-2)21(29-4)19(13-16)28-3/h5-10,12-14H,11H2,1-4H3,(H,23,24,25). The Kier molecular flexibility index (Phi) is 5.12. The zero-order valence-corrected chi connectivity index (χ0v) is 17.0. The summed E-state index contributed by atoms with van der Waals surface area (Å²) >= 11 is 0. The van der Waals surface area contributed by atoms with Crippen molar-refractivity contribution in [1.29, 1.82) is 0 Å². The second kappa shape index (κ2) is 7.87. The Morgan fingerprint density at radius 2 is 1.72 bits per heavy atom. The molecule has 0 radical (unpaired) electrons. The van der Waals surface area contributed by atoms with Gasteiger partial charge in [-0.1, -0.05) is 18.2 Å². The predicted octanol–water partition coefficient (Wildman–Crippen LogP) is 4.33. The van der Waals surface area contributed by atoms with Gasteiger partial charge in [-0.05, 0) is 31.0 Å². The summed E-state index contributed by atoms with van der Waals surface area (Å²) in [6, 6.07) is 14.3. The Labute approximate surface area is 170 Å². The Bertz CT molecular complexity index is 999. The smallest absolute Gasteiger partial charge is 0.229 e. The molecule has 2 heterocycles. The van der Waals surface area contributed by atoms with Gasteiger partial charge >= 0.3 is 0 Å². The summed E-state index contributed by atoms with van der Waals surface area (Å²) in [5, 5.41) is 3.24. The van der Waals surface area contributed by atoms with E-state index in [0.29, 0.717) is 29.2 Å². The monoisotopic (exact) mass is 392 g/mol. The molecule has 0 amide bonds. The van der Waals surface area contributed by atoms with Crippen molar-refractivity contribution in [1.82, 2.24) is 9.97 Å². The van der Waals surface area contributed by atoms with Crippen LogP contribution in [0.4, 0.5) is 23.1 Å². The van der Waals surface area contributed by atoms with Gasteiger partial charge in [-0.15, -0.1) is 0 Å². The Balaban J connectivity index is 1.66. The van der Waals surface area contributed by atoms with Crippen LogP contribution in [0.1, 0.15) is 12.5 Å². The Hall–Kier alpha value is -3.48. The first-order chi connectivity index (χ1) is 14.1. The van der Waals surface area contributed by atoms with E-state index in [1.165, 1.54) is 11.3 Å². The minimum Gasteiger partial charge on any atom is -0.493 e. The van der Waals surface area contributed by atoms with Gasteiger partial charge in [0.1, 0.15) is 5.82 Å². The zero-order valence-electron chi connectivity index (χ0n) is 17.0. The lowest BCUT2D eigenvalue weighted by Gasteiger charge is -2.24. The van der Waals surface area contributed by atoms with Crippen molar-refractivity contribution in [3.05, 3.63) is 54.2 Å². The van der Waals surface area contributed by atoms with Crippen LogP contribution >= 0.6 is 0 Å². The zero-order chi connectivity index (χ0) is 20.4. The number of hydrogen-bond donors (Lipinski definition) is 1. The van der Waals surface area contributed by atoms with Crippen LogP contribution in [0, 0.1) is 0 Å². The van der Waals surface area contributed by atoms with Gasteiger partial charge in [0.25, 0.3) is 0 Å². The minimum atomic E-state index is 0.330. The molecule has 7 heteroatoms. The number of para-hydroxylation sites is 1. The second-order valence-electron chi connectivity index (χ2n) is 6.83. The molecule has 2 aromatic carbocycles. The number of nitrogens with zero attached hydrogens (tertiary/aromatic N) is 3. The molecule has 0 aliphatic carbocycles. The average molecular weight is 392 g/mol. The molecule has 150 valence electrons. The van der Waals surface area contributed by atoms with E-state index in [2.05, 4.69) is 46.4 Å². The molecule has 1 aromatic heterocycles. The first-order valence-corrected chi connectivity index (χ1v) is 9.41. The molecule has 3 aromatic rings. The molecule has 7 nitrogen and oxygen atoms in total. The summed E-state index contributed by atoms with van der Waals surface area (Å²) in [4.78, 5) is 11.4. The molecule has 0 saturated carbocycles. The van der Waals surface area contributed by atoms with Crippen molar-refractivity contribution in [3.8, 4) is 17.2 Å². The van der Waals surface area contributed by atoms with E-state index in [1.54, 1.807) is 27.5 Å². The van der Waals surface area contributed by atoms with Gasteiger partial charge < -0.3 is 24.4 Å². The van der Waals surface area contributed by atoms with Crippen LogP contribution in [0.3, 0.4) is 0 Å². The van der Waals surface area contributed by atoms with Crippen LogP contribution in [-0.4, -0.2) is 37.3 Å².